The van der Waals surface area contributed by atoms with Crippen LogP contribution in [-0.2, 0) is 12.1 Å². The van der Waals surface area contributed by atoms with E-state index in [4.69, 9.17) is 0 Å². The largest absolute Gasteiger partial charge is 0.356 e. The van der Waals surface area contributed by atoms with Crippen LogP contribution in [0.25, 0.3) is 0 Å². The molecule has 6 heteroatoms. The molecule has 5 nitrogen and oxygen atoms in total. The highest BCUT2D eigenvalue weighted by molar-refractivity contribution is 7.13. The number of nitrogens with one attached hydrogen (secondary N) is 1. The fourth-order valence-corrected chi connectivity index (χ4v) is 1.69. The number of nitrogens with zero attached hydrogens (tertiary/aromatic N) is 4. The van der Waals surface area contributed by atoms with Crippen LogP contribution in [0, 0.1) is 0 Å². The van der Waals surface area contributed by atoms with E-state index in [0.717, 1.165) is 17.2 Å². The zero-order valence-electron chi connectivity index (χ0n) is 9.64. The number of hydrogen-bond donors (Lipinski definition) is 1. The predicted octanol–water partition coefficient (Wildman–Crippen LogP) is 2.10. The van der Waals surface area contributed by atoms with Crippen LogP contribution in [0.5, 0.6) is 0 Å². The Bertz CT molecular complexity index is 440. The van der Waals surface area contributed by atoms with Gasteiger partial charge < -0.3 is 5.32 Å². The average molecular weight is 237 g/mol. The highest BCUT2D eigenvalue weighted by atomic mass is 32.1. The fourth-order valence-electron chi connectivity index (χ4n) is 1.25. The first-order valence-electron chi connectivity index (χ1n) is 5.10. The quantitative estimate of drug-likeness (QED) is 0.888. The molecule has 0 saturated carbocycles. The Hall–Kier alpha value is -1.43. The highest BCUT2D eigenvalue weighted by Gasteiger charge is 2.13. The Morgan fingerprint density at radius 2 is 2.25 bits per heavy atom. The maximum atomic E-state index is 4.33. The molecule has 0 bridgehead atoms. The summed E-state index contributed by atoms with van der Waals surface area (Å²) < 4.78 is 1.96. The normalized spacial score (nSPS) is 11.7. The Kier molecular flexibility index (Phi) is 2.91. The molecular formula is C10H15N5S. The lowest BCUT2D eigenvalue weighted by molar-refractivity contribution is 0.355. The molecule has 0 aliphatic carbocycles. The SMILES string of the molecule is CC(C)(C)n1cc(CNc2nncs2)cn1. The van der Waals surface area contributed by atoms with E-state index in [1.807, 2.05) is 17.1 Å². The summed E-state index contributed by atoms with van der Waals surface area (Å²) in [5.74, 6) is 0. The van der Waals surface area contributed by atoms with Crippen LogP contribution in [0.15, 0.2) is 17.9 Å². The van der Waals surface area contributed by atoms with Gasteiger partial charge in [-0.15, -0.1) is 10.2 Å². The first-order chi connectivity index (χ1) is 7.55. The minimum atomic E-state index is 0.0288. The maximum Gasteiger partial charge on any atom is 0.205 e. The van der Waals surface area contributed by atoms with Crippen molar-refractivity contribution in [3.05, 3.63) is 23.5 Å². The molecule has 0 fully saturated rings. The zero-order valence-corrected chi connectivity index (χ0v) is 10.5. The molecule has 0 atom stereocenters. The third-order valence-corrected chi connectivity index (χ3v) is 2.78. The van der Waals surface area contributed by atoms with Gasteiger partial charge in [0.1, 0.15) is 5.51 Å². The Labute approximate surface area is 98.5 Å². The molecule has 16 heavy (non-hydrogen) atoms. The van der Waals surface area contributed by atoms with Crippen molar-refractivity contribution in [1.82, 2.24) is 20.0 Å². The minimum absolute atomic E-state index is 0.0288. The first-order valence-corrected chi connectivity index (χ1v) is 5.98. The van der Waals surface area contributed by atoms with Gasteiger partial charge >= 0.3 is 0 Å². The molecular weight excluding hydrogens is 222 g/mol. The average Bonchev–Trinajstić information content (AvgIpc) is 2.85. The molecule has 0 spiro atoms. The lowest BCUT2D eigenvalue weighted by Crippen LogP contribution is -2.21. The van der Waals surface area contributed by atoms with E-state index >= 15 is 0 Å². The van der Waals surface area contributed by atoms with E-state index < -0.39 is 0 Å². The number of rotatable bonds is 3. The van der Waals surface area contributed by atoms with Crippen LogP contribution in [0.1, 0.15) is 26.3 Å². The molecule has 1 N–H and O–H groups in total. The molecule has 0 radical (unpaired) electrons. The maximum absolute atomic E-state index is 4.33. The van der Waals surface area contributed by atoms with Crippen molar-refractivity contribution in [3.63, 3.8) is 0 Å². The summed E-state index contributed by atoms with van der Waals surface area (Å²) in [7, 11) is 0. The van der Waals surface area contributed by atoms with Gasteiger partial charge in [0, 0.05) is 18.3 Å². The zero-order chi connectivity index (χ0) is 11.6. The summed E-state index contributed by atoms with van der Waals surface area (Å²) in [6.07, 6.45) is 3.92. The molecule has 0 saturated heterocycles. The van der Waals surface area contributed by atoms with E-state index in [-0.39, 0.29) is 5.54 Å². The van der Waals surface area contributed by atoms with Gasteiger partial charge in [-0.2, -0.15) is 5.10 Å². The topological polar surface area (TPSA) is 55.6 Å². The van der Waals surface area contributed by atoms with E-state index in [2.05, 4.69) is 41.4 Å². The second kappa shape index (κ2) is 4.21. The third kappa shape index (κ3) is 2.57. The van der Waals surface area contributed by atoms with E-state index in [0.29, 0.717) is 0 Å². The van der Waals surface area contributed by atoms with E-state index in [9.17, 15) is 0 Å². The van der Waals surface area contributed by atoms with Gasteiger partial charge in [-0.25, -0.2) is 0 Å². The molecule has 2 aromatic heterocycles. The molecule has 0 aliphatic heterocycles. The van der Waals surface area contributed by atoms with E-state index in [1.165, 1.54) is 11.3 Å². The lowest BCUT2D eigenvalue weighted by atomic mass is 10.1. The van der Waals surface area contributed by atoms with Crippen molar-refractivity contribution in [3.8, 4) is 0 Å². The van der Waals surface area contributed by atoms with Gasteiger partial charge in [0.05, 0.1) is 11.7 Å². The molecule has 0 unspecified atom stereocenters. The summed E-state index contributed by atoms with van der Waals surface area (Å²) in [6.45, 7) is 7.11. The molecule has 2 aromatic rings. The van der Waals surface area contributed by atoms with Crippen molar-refractivity contribution < 1.29 is 0 Å². The van der Waals surface area contributed by atoms with Crippen molar-refractivity contribution in [1.29, 1.82) is 0 Å². The molecule has 2 heterocycles. The van der Waals surface area contributed by atoms with Crippen molar-refractivity contribution in [2.75, 3.05) is 5.32 Å². The highest BCUT2D eigenvalue weighted by Crippen LogP contribution is 2.14. The molecule has 2 rings (SSSR count). The van der Waals surface area contributed by atoms with Gasteiger partial charge in [-0.1, -0.05) is 11.3 Å². The van der Waals surface area contributed by atoms with Crippen LogP contribution in [0.3, 0.4) is 0 Å². The van der Waals surface area contributed by atoms with Gasteiger partial charge in [-0.3, -0.25) is 4.68 Å². The predicted molar refractivity (Wildman–Crippen MR) is 64.5 cm³/mol. The van der Waals surface area contributed by atoms with Gasteiger partial charge in [0.15, 0.2) is 0 Å². The van der Waals surface area contributed by atoms with Gasteiger partial charge in [-0.05, 0) is 20.8 Å². The van der Waals surface area contributed by atoms with Crippen molar-refractivity contribution >= 4 is 16.5 Å². The minimum Gasteiger partial charge on any atom is -0.356 e. The smallest absolute Gasteiger partial charge is 0.205 e. The van der Waals surface area contributed by atoms with Crippen LogP contribution in [0.2, 0.25) is 0 Å². The van der Waals surface area contributed by atoms with Gasteiger partial charge in [0.2, 0.25) is 5.13 Å². The fraction of sp³-hybridized carbons (Fsp3) is 0.500. The number of anilines is 1. The first kappa shape index (κ1) is 11.1. The molecule has 0 aromatic carbocycles. The second-order valence-electron chi connectivity index (χ2n) is 4.56. The molecule has 0 amide bonds. The molecule has 0 aliphatic rings. The van der Waals surface area contributed by atoms with Gasteiger partial charge in [0.25, 0.3) is 0 Å². The summed E-state index contributed by atoms with van der Waals surface area (Å²) in [4.78, 5) is 0. The number of hydrogen-bond acceptors (Lipinski definition) is 5. The number of aromatic nitrogens is 4. The Morgan fingerprint density at radius 1 is 1.44 bits per heavy atom. The van der Waals surface area contributed by atoms with Crippen LogP contribution in [-0.4, -0.2) is 20.0 Å². The summed E-state index contributed by atoms with van der Waals surface area (Å²) in [5.41, 5.74) is 2.88. The lowest BCUT2D eigenvalue weighted by Gasteiger charge is -2.18. The van der Waals surface area contributed by atoms with Crippen LogP contribution in [0.4, 0.5) is 5.13 Å². The van der Waals surface area contributed by atoms with Crippen molar-refractivity contribution in [2.24, 2.45) is 0 Å². The third-order valence-electron chi connectivity index (χ3n) is 2.13. The standard InChI is InChI=1S/C10H15N5S/c1-10(2,3)15-6-8(5-13-15)4-11-9-14-12-7-16-9/h5-7H,4H2,1-3H3,(H,11,14). The summed E-state index contributed by atoms with van der Waals surface area (Å²) >= 11 is 1.49. The monoisotopic (exact) mass is 237 g/mol. The van der Waals surface area contributed by atoms with Crippen molar-refractivity contribution in [2.45, 2.75) is 32.9 Å². The van der Waals surface area contributed by atoms with Crippen LogP contribution < -0.4 is 5.32 Å². The summed E-state index contributed by atoms with van der Waals surface area (Å²) in [6, 6.07) is 0. The van der Waals surface area contributed by atoms with E-state index in [1.54, 1.807) is 5.51 Å². The Morgan fingerprint density at radius 3 is 2.81 bits per heavy atom. The summed E-state index contributed by atoms with van der Waals surface area (Å²) in [5, 5.41) is 16.0. The molecule has 86 valence electrons. The van der Waals surface area contributed by atoms with Crippen LogP contribution >= 0.6 is 11.3 Å². The Balaban J connectivity index is 1.98. The second-order valence-corrected chi connectivity index (χ2v) is 5.39.